The Hall–Kier alpha value is -1.81. The molecule has 0 atom stereocenters. The fraction of sp³-hybridized carbons (Fsp3) is 0.308. The van der Waals surface area contributed by atoms with Crippen LogP contribution in [-0.2, 0) is 9.53 Å². The van der Waals surface area contributed by atoms with E-state index < -0.39 is 0 Å². The first-order chi connectivity index (χ1) is 8.29. The maximum absolute atomic E-state index is 11.2. The Bertz CT molecular complexity index is 412. The van der Waals surface area contributed by atoms with Crippen molar-refractivity contribution in [1.82, 2.24) is 0 Å². The molecule has 2 rings (SSSR count). The molecule has 0 aromatic heterocycles. The van der Waals surface area contributed by atoms with Crippen LogP contribution in [0.2, 0.25) is 0 Å². The Balaban J connectivity index is 2.10. The Labute approximate surface area is 101 Å². The van der Waals surface area contributed by atoms with E-state index >= 15 is 0 Å². The Morgan fingerprint density at radius 2 is 2.29 bits per heavy atom. The Morgan fingerprint density at radius 3 is 3.00 bits per heavy atom. The molecule has 1 aromatic rings. The third kappa shape index (κ3) is 3.07. The summed E-state index contributed by atoms with van der Waals surface area (Å²) in [6, 6.07) is 8.67. The van der Waals surface area contributed by atoms with E-state index in [0.717, 1.165) is 32.0 Å². The van der Waals surface area contributed by atoms with Crippen LogP contribution >= 0.6 is 0 Å². The third-order valence-electron chi connectivity index (χ3n) is 2.60. The topological polar surface area (TPSA) is 41.6 Å². The highest BCUT2D eigenvalue weighted by Gasteiger charge is 2.11. The van der Waals surface area contributed by atoms with Crippen molar-refractivity contribution in [2.75, 3.05) is 36.5 Å². The maximum atomic E-state index is 11.2. The number of hydrogen-bond acceptors (Lipinski definition) is 3. The quantitative estimate of drug-likeness (QED) is 0.800. The molecule has 1 heterocycles. The van der Waals surface area contributed by atoms with Gasteiger partial charge in [-0.15, -0.1) is 0 Å². The summed E-state index contributed by atoms with van der Waals surface area (Å²) in [6.07, 6.45) is 1.25. The van der Waals surface area contributed by atoms with Gasteiger partial charge in [0, 0.05) is 24.8 Å². The molecule has 0 aliphatic carbocycles. The van der Waals surface area contributed by atoms with Crippen molar-refractivity contribution in [3.8, 4) is 0 Å². The minimum atomic E-state index is -0.222. The van der Waals surface area contributed by atoms with E-state index in [2.05, 4.69) is 22.9 Å². The van der Waals surface area contributed by atoms with Gasteiger partial charge in [-0.3, -0.25) is 4.79 Å². The second-order valence-electron chi connectivity index (χ2n) is 3.75. The van der Waals surface area contributed by atoms with Crippen molar-refractivity contribution in [3.63, 3.8) is 0 Å². The maximum Gasteiger partial charge on any atom is 0.247 e. The molecular formula is C13H15N2O2. The molecule has 0 bridgehead atoms. The molecule has 1 aromatic carbocycles. The highest BCUT2D eigenvalue weighted by molar-refractivity contribution is 5.99. The monoisotopic (exact) mass is 231 g/mol. The van der Waals surface area contributed by atoms with Gasteiger partial charge in [0.05, 0.1) is 18.9 Å². The number of carbonyl (C=O) groups excluding carboxylic acids is 1. The summed E-state index contributed by atoms with van der Waals surface area (Å²) in [5.41, 5.74) is 1.74. The van der Waals surface area contributed by atoms with Gasteiger partial charge in [0.15, 0.2) is 0 Å². The lowest BCUT2D eigenvalue weighted by Crippen LogP contribution is -2.36. The highest BCUT2D eigenvalue weighted by Crippen LogP contribution is 2.19. The number of morpholine rings is 1. The van der Waals surface area contributed by atoms with E-state index in [1.165, 1.54) is 6.08 Å². The first-order valence-electron chi connectivity index (χ1n) is 5.57. The van der Waals surface area contributed by atoms with Crippen LogP contribution in [0, 0.1) is 6.07 Å². The van der Waals surface area contributed by atoms with Crippen molar-refractivity contribution in [3.05, 3.63) is 36.9 Å². The van der Waals surface area contributed by atoms with E-state index in [-0.39, 0.29) is 5.91 Å². The first-order valence-corrected chi connectivity index (χ1v) is 5.57. The van der Waals surface area contributed by atoms with Crippen LogP contribution in [0.4, 0.5) is 11.4 Å². The smallest absolute Gasteiger partial charge is 0.247 e. The standard InChI is InChI=1S/C13H15N2O2/c1-2-13(16)14-11-4-3-5-12(10-11)15-6-8-17-9-7-15/h2-3,5,10H,1,6-9H2,(H,14,16). The lowest BCUT2D eigenvalue weighted by Gasteiger charge is -2.29. The molecule has 1 radical (unpaired) electrons. The van der Waals surface area contributed by atoms with Crippen LogP contribution < -0.4 is 10.2 Å². The van der Waals surface area contributed by atoms with Crippen LogP contribution in [-0.4, -0.2) is 32.2 Å². The van der Waals surface area contributed by atoms with Crippen molar-refractivity contribution < 1.29 is 9.53 Å². The highest BCUT2D eigenvalue weighted by atomic mass is 16.5. The first kappa shape index (κ1) is 11.7. The SMILES string of the molecule is C=CC(=O)Nc1[c]ccc(N2CCOCC2)c1. The van der Waals surface area contributed by atoms with Crippen LogP contribution in [0.1, 0.15) is 0 Å². The van der Waals surface area contributed by atoms with Gasteiger partial charge in [0.25, 0.3) is 0 Å². The van der Waals surface area contributed by atoms with Crippen molar-refractivity contribution in [1.29, 1.82) is 0 Å². The van der Waals surface area contributed by atoms with Crippen LogP contribution in [0.15, 0.2) is 30.9 Å². The zero-order valence-corrected chi connectivity index (χ0v) is 9.61. The lowest BCUT2D eigenvalue weighted by molar-refractivity contribution is -0.111. The summed E-state index contributed by atoms with van der Waals surface area (Å²) in [7, 11) is 0. The predicted octanol–water partition coefficient (Wildman–Crippen LogP) is 1.45. The molecule has 1 saturated heterocycles. The number of hydrogen-bond donors (Lipinski definition) is 1. The zero-order chi connectivity index (χ0) is 12.1. The summed E-state index contributed by atoms with van der Waals surface area (Å²) in [4.78, 5) is 13.4. The number of nitrogens with one attached hydrogen (secondary N) is 1. The van der Waals surface area contributed by atoms with Crippen molar-refractivity contribution in [2.45, 2.75) is 0 Å². The molecule has 0 unspecified atom stereocenters. The summed E-state index contributed by atoms with van der Waals surface area (Å²) < 4.78 is 5.30. The van der Waals surface area contributed by atoms with Crippen molar-refractivity contribution >= 4 is 17.3 Å². The van der Waals surface area contributed by atoms with E-state index in [0.29, 0.717) is 5.69 Å². The fourth-order valence-corrected chi connectivity index (χ4v) is 1.73. The number of amides is 1. The number of anilines is 2. The molecule has 0 saturated carbocycles. The van der Waals surface area contributed by atoms with Gasteiger partial charge >= 0.3 is 0 Å². The van der Waals surface area contributed by atoms with E-state index in [1.807, 2.05) is 18.2 Å². The average Bonchev–Trinajstić information content (AvgIpc) is 2.40. The lowest BCUT2D eigenvalue weighted by atomic mass is 10.2. The molecule has 17 heavy (non-hydrogen) atoms. The molecular weight excluding hydrogens is 216 g/mol. The molecule has 0 spiro atoms. The molecule has 1 N–H and O–H groups in total. The van der Waals surface area contributed by atoms with Gasteiger partial charge in [-0.2, -0.15) is 0 Å². The van der Waals surface area contributed by atoms with Gasteiger partial charge < -0.3 is 15.0 Å². The van der Waals surface area contributed by atoms with Crippen LogP contribution in [0.5, 0.6) is 0 Å². The van der Waals surface area contributed by atoms with E-state index in [1.54, 1.807) is 0 Å². The zero-order valence-electron chi connectivity index (χ0n) is 9.61. The van der Waals surface area contributed by atoms with Crippen LogP contribution in [0.25, 0.3) is 0 Å². The van der Waals surface area contributed by atoms with Gasteiger partial charge in [0.1, 0.15) is 0 Å². The number of carbonyl (C=O) groups is 1. The van der Waals surface area contributed by atoms with Gasteiger partial charge in [-0.05, 0) is 18.2 Å². The second-order valence-corrected chi connectivity index (χ2v) is 3.75. The molecule has 89 valence electrons. The number of benzene rings is 1. The largest absolute Gasteiger partial charge is 0.378 e. The summed E-state index contributed by atoms with van der Waals surface area (Å²) >= 11 is 0. The number of rotatable bonds is 3. The number of ether oxygens (including phenoxy) is 1. The molecule has 4 nitrogen and oxygen atoms in total. The molecule has 1 amide bonds. The van der Waals surface area contributed by atoms with E-state index in [9.17, 15) is 4.79 Å². The minimum absolute atomic E-state index is 0.222. The average molecular weight is 231 g/mol. The summed E-state index contributed by atoms with van der Waals surface area (Å²) in [5, 5.41) is 2.70. The molecule has 1 fully saturated rings. The van der Waals surface area contributed by atoms with Gasteiger partial charge in [-0.1, -0.05) is 12.6 Å². The number of nitrogens with zero attached hydrogens (tertiary/aromatic N) is 1. The van der Waals surface area contributed by atoms with Gasteiger partial charge in [0.2, 0.25) is 5.91 Å². The Morgan fingerprint density at radius 1 is 1.53 bits per heavy atom. The minimum Gasteiger partial charge on any atom is -0.378 e. The summed E-state index contributed by atoms with van der Waals surface area (Å²) in [5.74, 6) is -0.222. The molecule has 4 heteroatoms. The van der Waals surface area contributed by atoms with E-state index in [4.69, 9.17) is 4.74 Å². The normalized spacial score (nSPS) is 15.4. The molecule has 1 aliphatic heterocycles. The summed E-state index contributed by atoms with van der Waals surface area (Å²) in [6.45, 7) is 6.65. The van der Waals surface area contributed by atoms with Gasteiger partial charge in [-0.25, -0.2) is 0 Å². The Kier molecular flexibility index (Phi) is 3.77. The predicted molar refractivity (Wildman–Crippen MR) is 67.1 cm³/mol. The van der Waals surface area contributed by atoms with Crippen molar-refractivity contribution in [2.24, 2.45) is 0 Å². The van der Waals surface area contributed by atoms with Crippen LogP contribution in [0.3, 0.4) is 0 Å². The molecule has 1 aliphatic rings. The fourth-order valence-electron chi connectivity index (χ4n) is 1.73. The third-order valence-corrected chi connectivity index (χ3v) is 2.60. The second kappa shape index (κ2) is 5.50.